The van der Waals surface area contributed by atoms with E-state index >= 15 is 0 Å². The van der Waals surface area contributed by atoms with Gasteiger partial charge in [0.2, 0.25) is 11.8 Å². The van der Waals surface area contributed by atoms with Gasteiger partial charge in [-0.15, -0.1) is 0 Å². The Kier molecular flexibility index (Phi) is 35.5. The minimum Gasteiger partial charge on any atom is -0.494 e. The summed E-state index contributed by atoms with van der Waals surface area (Å²) in [6, 6.07) is 47.3. The lowest BCUT2D eigenvalue weighted by Gasteiger charge is -2.34. The van der Waals surface area contributed by atoms with E-state index in [2.05, 4.69) is 50.3 Å². The monoisotopic (exact) mass is 1370 g/mol. The molecule has 3 heterocycles. The molecule has 6 aromatic carbocycles. The Morgan fingerprint density at radius 2 is 0.610 bits per heavy atom. The SMILES string of the molecule is CCOC(=N)c1ccc(OCCCN2CCN(CCCOc3ccc(C(=N)OCC)cc3)CC2)cc1.CN=C(N)c1ccc(OCCCN2CCN(CCCOc3ccc(C(N)=NC)cc3)CC2)cc1.[C-]#[N+]c1ccc(OCCCN2CCN(CCCOc3ccc(C#N)cc3)CC2)cc1. The molecule has 9 rings (SSSR count). The number of ether oxygens (including phenoxy) is 8. The van der Waals surface area contributed by atoms with Crippen molar-refractivity contribution in [1.29, 1.82) is 16.1 Å². The lowest BCUT2D eigenvalue weighted by molar-refractivity contribution is 0.120. The number of rotatable bonds is 36. The zero-order valence-corrected chi connectivity index (χ0v) is 59.4. The van der Waals surface area contributed by atoms with Crippen LogP contribution in [-0.2, 0) is 9.47 Å². The maximum atomic E-state index is 8.82. The summed E-state index contributed by atoms with van der Waals surface area (Å²) in [6.07, 6.45) is 6.02. The predicted octanol–water partition coefficient (Wildman–Crippen LogP) is 10.4. The predicted molar refractivity (Wildman–Crippen MR) is 399 cm³/mol. The van der Waals surface area contributed by atoms with Crippen molar-refractivity contribution >= 4 is 29.2 Å². The molecule has 0 saturated carbocycles. The van der Waals surface area contributed by atoms with Crippen molar-refractivity contribution in [3.05, 3.63) is 185 Å². The summed E-state index contributed by atoms with van der Waals surface area (Å²) in [5.74, 6) is 6.52. The first-order valence-corrected chi connectivity index (χ1v) is 35.3. The second-order valence-electron chi connectivity index (χ2n) is 24.3. The molecule has 0 radical (unpaired) electrons. The van der Waals surface area contributed by atoms with Gasteiger partial charge < -0.3 is 78.8 Å². The van der Waals surface area contributed by atoms with Gasteiger partial charge in [-0.05, 0) is 186 Å². The van der Waals surface area contributed by atoms with Crippen LogP contribution >= 0.6 is 0 Å². The first kappa shape index (κ1) is 78.1. The van der Waals surface area contributed by atoms with Gasteiger partial charge in [0.15, 0.2) is 5.69 Å². The molecule has 3 aliphatic rings. The van der Waals surface area contributed by atoms with Gasteiger partial charge in [-0.1, -0.05) is 12.1 Å². The van der Waals surface area contributed by atoms with Gasteiger partial charge in [0.1, 0.15) is 46.2 Å². The number of aliphatic imine (C=N–C) groups is 2. The van der Waals surface area contributed by atoms with Crippen LogP contribution in [0.2, 0.25) is 0 Å². The number of nitrogens with two attached hydrogens (primary N) is 2. The maximum absolute atomic E-state index is 8.82. The molecule has 0 spiro atoms. The molecule has 22 nitrogen and oxygen atoms in total. The average Bonchev–Trinajstić information content (AvgIpc) is 1.27. The molecule has 6 N–H and O–H groups in total. The summed E-state index contributed by atoms with van der Waals surface area (Å²) in [7, 11) is 3.38. The number of nitrogens with zero attached hydrogens (tertiary/aromatic N) is 10. The van der Waals surface area contributed by atoms with E-state index in [1.807, 2.05) is 135 Å². The molecule has 22 heteroatoms. The number of amidine groups is 2. The number of benzene rings is 6. The molecule has 0 amide bonds. The normalized spacial score (nSPS) is 14.9. The second kappa shape index (κ2) is 45.4. The first-order valence-electron chi connectivity index (χ1n) is 35.3. The third-order valence-corrected chi connectivity index (χ3v) is 17.3. The highest BCUT2D eigenvalue weighted by Gasteiger charge is 2.19. The molecular weight excluding hydrogens is 1260 g/mol. The Morgan fingerprint density at radius 3 is 0.820 bits per heavy atom. The van der Waals surface area contributed by atoms with Crippen LogP contribution in [0.3, 0.4) is 0 Å². The van der Waals surface area contributed by atoms with Crippen LogP contribution in [-0.4, -0.2) is 238 Å². The lowest BCUT2D eigenvalue weighted by atomic mass is 10.2. The number of hydrogen-bond donors (Lipinski definition) is 4. The van der Waals surface area contributed by atoms with E-state index in [9.17, 15) is 0 Å². The molecule has 0 atom stereocenters. The van der Waals surface area contributed by atoms with E-state index in [1.54, 1.807) is 38.4 Å². The van der Waals surface area contributed by atoms with Crippen molar-refractivity contribution in [1.82, 2.24) is 29.4 Å². The van der Waals surface area contributed by atoms with E-state index in [-0.39, 0.29) is 11.8 Å². The molecule has 0 aromatic heterocycles. The fourth-order valence-electron chi connectivity index (χ4n) is 11.4. The van der Waals surface area contributed by atoms with Crippen molar-refractivity contribution in [2.45, 2.75) is 52.4 Å². The highest BCUT2D eigenvalue weighted by molar-refractivity contribution is 5.98. The molecular formula is C78H106N14O8. The second-order valence-corrected chi connectivity index (χ2v) is 24.3. The molecule has 3 aliphatic heterocycles. The molecule has 0 aliphatic carbocycles. The third-order valence-electron chi connectivity index (χ3n) is 17.3. The highest BCUT2D eigenvalue weighted by atomic mass is 16.5. The van der Waals surface area contributed by atoms with Crippen molar-refractivity contribution in [3.63, 3.8) is 0 Å². The van der Waals surface area contributed by atoms with Crippen LogP contribution in [0.25, 0.3) is 4.85 Å². The Hall–Kier alpha value is -9.26. The third kappa shape index (κ3) is 29.3. The van der Waals surface area contributed by atoms with E-state index in [1.165, 1.54) is 0 Å². The summed E-state index contributed by atoms with van der Waals surface area (Å²) in [6.45, 7) is 35.4. The molecule has 3 saturated heterocycles. The lowest BCUT2D eigenvalue weighted by Crippen LogP contribution is -2.47. The molecule has 536 valence electrons. The minimum absolute atomic E-state index is 0.196. The van der Waals surface area contributed by atoms with Crippen LogP contribution in [0.5, 0.6) is 34.5 Å². The Balaban J connectivity index is 0.000000212. The minimum atomic E-state index is 0.196. The van der Waals surface area contributed by atoms with Gasteiger partial charge in [0, 0.05) is 154 Å². The number of nitrogens with one attached hydrogen (secondary N) is 2. The summed E-state index contributed by atoms with van der Waals surface area (Å²) >= 11 is 0. The van der Waals surface area contributed by atoms with Crippen LogP contribution < -0.4 is 39.9 Å². The van der Waals surface area contributed by atoms with Crippen LogP contribution in [0, 0.1) is 28.7 Å². The molecule has 100 heavy (non-hydrogen) atoms. The highest BCUT2D eigenvalue weighted by Crippen LogP contribution is 2.21. The maximum Gasteiger partial charge on any atom is 0.213 e. The molecule has 0 unspecified atom stereocenters. The summed E-state index contributed by atoms with van der Waals surface area (Å²) in [4.78, 5) is 26.4. The van der Waals surface area contributed by atoms with Crippen LogP contribution in [0.1, 0.15) is 80.2 Å². The number of nitriles is 1. The van der Waals surface area contributed by atoms with E-state index in [0.29, 0.717) is 75.8 Å². The smallest absolute Gasteiger partial charge is 0.213 e. The zero-order valence-electron chi connectivity index (χ0n) is 59.4. The fraction of sp³-hybridized carbons (Fsp3) is 0.462. The number of hydrogen-bond acceptors (Lipinski definition) is 19. The number of piperazine rings is 3. The molecule has 6 aromatic rings. The van der Waals surface area contributed by atoms with Gasteiger partial charge in [-0.2, -0.15) is 5.26 Å². The van der Waals surface area contributed by atoms with Crippen LogP contribution in [0.4, 0.5) is 5.69 Å². The van der Waals surface area contributed by atoms with E-state index in [0.717, 1.165) is 213 Å². The van der Waals surface area contributed by atoms with Crippen LogP contribution in [0.15, 0.2) is 156 Å². The Labute approximate surface area is 593 Å². The standard InChI is InChI=1S/C28H40N4O4.C26H38N6O2.C24H28N4O2/c1-3-33-27(29)23-7-11-25(12-8-23)35-21-5-15-31-17-19-32(20-18-31)16-6-22-36-26-13-9-24(10-14-26)28(30)34-4-2;1-29-25(27)21-5-9-23(10-6-21)33-19-3-13-31-15-17-32(18-16-31)14-4-20-34-24-11-7-22(8-12-24)26(28)30-2;1-26-22-6-10-24(11-7-22)30-19-3-13-28-16-14-27(15-17-28)12-2-18-29-23-8-4-21(20-25)5-9-23/h7-14,29-30H,3-6,15-22H2,1-2H3;5-12H,3-4,13-20H2,1-2H3,(H2,27,29)(H2,28,30);4-11H,2-3,12-19H2. The van der Waals surface area contributed by atoms with E-state index in [4.69, 9.17) is 72.0 Å². The van der Waals surface area contributed by atoms with Gasteiger partial charge in [0.05, 0.1) is 71.1 Å². The summed E-state index contributed by atoms with van der Waals surface area (Å²) < 4.78 is 45.4. The topological polar surface area (TPSA) is 246 Å². The van der Waals surface area contributed by atoms with Crippen molar-refractivity contribution < 1.29 is 37.9 Å². The quantitative estimate of drug-likeness (QED) is 0.0124. The largest absolute Gasteiger partial charge is 0.494 e. The van der Waals surface area contributed by atoms with E-state index < -0.39 is 0 Å². The van der Waals surface area contributed by atoms with Crippen molar-refractivity contribution in [3.8, 4) is 40.6 Å². The summed E-state index contributed by atoms with van der Waals surface area (Å²) in [5.41, 5.74) is 16.3. The Morgan fingerprint density at radius 1 is 0.390 bits per heavy atom. The first-order chi connectivity index (χ1) is 48.9. The van der Waals surface area contributed by atoms with Gasteiger partial charge in [-0.25, -0.2) is 4.85 Å². The van der Waals surface area contributed by atoms with Crippen molar-refractivity contribution in [2.24, 2.45) is 21.5 Å². The zero-order chi connectivity index (χ0) is 70.8. The summed E-state index contributed by atoms with van der Waals surface area (Å²) in [5, 5.41) is 24.5. The molecule has 3 fully saturated rings. The molecule has 0 bridgehead atoms. The average molecular weight is 1370 g/mol. The van der Waals surface area contributed by atoms with Gasteiger partial charge in [-0.3, -0.25) is 20.8 Å². The Bertz CT molecular complexity index is 3190. The van der Waals surface area contributed by atoms with Gasteiger partial charge in [0.25, 0.3) is 0 Å². The van der Waals surface area contributed by atoms with Crippen molar-refractivity contribution in [2.75, 3.05) is 185 Å². The van der Waals surface area contributed by atoms with Gasteiger partial charge >= 0.3 is 0 Å². The fourth-order valence-corrected chi connectivity index (χ4v) is 11.4.